The Bertz CT molecular complexity index is 376. The maximum Gasteiger partial charge on any atom is 0.123 e. The summed E-state index contributed by atoms with van der Waals surface area (Å²) in [5.41, 5.74) is 1.33. The first-order valence-electron chi connectivity index (χ1n) is 5.49. The van der Waals surface area contributed by atoms with Gasteiger partial charge in [-0.3, -0.25) is 4.90 Å². The first-order chi connectivity index (χ1) is 7.34. The molecule has 1 unspecified atom stereocenters. The molecule has 0 radical (unpaired) electrons. The Morgan fingerprint density at radius 3 is 2.93 bits per heavy atom. The molecule has 0 aliphatic carbocycles. The third-order valence-corrected chi connectivity index (χ3v) is 4.10. The summed E-state index contributed by atoms with van der Waals surface area (Å²) in [6, 6.07) is 6.78. The quantitative estimate of drug-likeness (QED) is 0.775. The molecule has 2 heterocycles. The third-order valence-electron chi connectivity index (χ3n) is 3.35. The van der Waals surface area contributed by atoms with Crippen LogP contribution in [-0.2, 0) is 6.42 Å². The predicted molar refractivity (Wildman–Crippen MR) is 63.3 cm³/mol. The highest BCUT2D eigenvalue weighted by molar-refractivity contribution is 9.10. The van der Waals surface area contributed by atoms with Gasteiger partial charge in [0, 0.05) is 16.1 Å². The maximum absolute atomic E-state index is 5.80. The Balaban J connectivity index is 1.85. The Labute approximate surface area is 98.4 Å². The fourth-order valence-corrected chi connectivity index (χ4v) is 2.80. The van der Waals surface area contributed by atoms with Crippen LogP contribution in [0.25, 0.3) is 0 Å². The van der Waals surface area contributed by atoms with Crippen LogP contribution in [0.2, 0.25) is 0 Å². The molecule has 0 saturated carbocycles. The predicted octanol–water partition coefficient (Wildman–Crippen LogP) is 2.46. The molecule has 2 nitrogen and oxygen atoms in total. The number of hydrogen-bond acceptors (Lipinski definition) is 2. The summed E-state index contributed by atoms with van der Waals surface area (Å²) in [4.78, 5) is 2.52. The van der Waals surface area contributed by atoms with Gasteiger partial charge in [-0.25, -0.2) is 0 Å². The molecule has 3 heteroatoms. The SMILES string of the molecule is Brc1cccc2c1CC(N1CCC1)CO2. The van der Waals surface area contributed by atoms with Crippen molar-refractivity contribution in [3.05, 3.63) is 28.2 Å². The summed E-state index contributed by atoms with van der Waals surface area (Å²) >= 11 is 3.60. The minimum atomic E-state index is 0.588. The van der Waals surface area contributed by atoms with Crippen molar-refractivity contribution in [2.45, 2.75) is 18.9 Å². The Morgan fingerprint density at radius 1 is 1.33 bits per heavy atom. The van der Waals surface area contributed by atoms with Crippen molar-refractivity contribution < 1.29 is 4.74 Å². The van der Waals surface area contributed by atoms with Crippen LogP contribution in [0.15, 0.2) is 22.7 Å². The molecule has 80 valence electrons. The van der Waals surface area contributed by atoms with Gasteiger partial charge in [0.15, 0.2) is 0 Å². The van der Waals surface area contributed by atoms with Gasteiger partial charge in [-0.15, -0.1) is 0 Å². The summed E-state index contributed by atoms with van der Waals surface area (Å²) < 4.78 is 6.99. The number of fused-ring (bicyclic) bond motifs is 1. The van der Waals surface area contributed by atoms with E-state index in [1.165, 1.54) is 29.5 Å². The van der Waals surface area contributed by atoms with Gasteiger partial charge in [-0.1, -0.05) is 22.0 Å². The molecule has 0 amide bonds. The first kappa shape index (κ1) is 9.67. The molecule has 1 atom stereocenters. The summed E-state index contributed by atoms with van der Waals surface area (Å²) in [6.45, 7) is 3.34. The number of nitrogens with zero attached hydrogens (tertiary/aromatic N) is 1. The molecule has 1 saturated heterocycles. The number of ether oxygens (including phenoxy) is 1. The Morgan fingerprint density at radius 2 is 2.20 bits per heavy atom. The van der Waals surface area contributed by atoms with Gasteiger partial charge >= 0.3 is 0 Å². The van der Waals surface area contributed by atoms with Crippen LogP contribution in [0.4, 0.5) is 0 Å². The van der Waals surface area contributed by atoms with Crippen LogP contribution in [-0.4, -0.2) is 30.6 Å². The van der Waals surface area contributed by atoms with Crippen LogP contribution in [0, 0.1) is 0 Å². The van der Waals surface area contributed by atoms with Crippen LogP contribution < -0.4 is 4.74 Å². The maximum atomic E-state index is 5.80. The smallest absolute Gasteiger partial charge is 0.123 e. The molecule has 0 aromatic heterocycles. The van der Waals surface area contributed by atoms with Crippen LogP contribution in [0.3, 0.4) is 0 Å². The van der Waals surface area contributed by atoms with E-state index >= 15 is 0 Å². The van der Waals surface area contributed by atoms with E-state index in [9.17, 15) is 0 Å². The molecule has 3 rings (SSSR count). The van der Waals surface area contributed by atoms with Crippen molar-refractivity contribution in [1.82, 2.24) is 4.90 Å². The minimum Gasteiger partial charge on any atom is -0.492 e. The molecule has 0 spiro atoms. The normalized spacial score (nSPS) is 25.3. The van der Waals surface area contributed by atoms with E-state index in [1.54, 1.807) is 0 Å². The second kappa shape index (κ2) is 3.80. The zero-order chi connectivity index (χ0) is 10.3. The lowest BCUT2D eigenvalue weighted by molar-refractivity contribution is 0.0691. The van der Waals surface area contributed by atoms with Crippen molar-refractivity contribution in [2.24, 2.45) is 0 Å². The Kier molecular flexibility index (Phi) is 2.45. The zero-order valence-electron chi connectivity index (χ0n) is 8.58. The lowest BCUT2D eigenvalue weighted by atomic mass is 9.99. The molecule has 1 aromatic rings. The molecule has 0 N–H and O–H groups in total. The average Bonchev–Trinajstić information content (AvgIpc) is 2.17. The van der Waals surface area contributed by atoms with Crippen LogP contribution in [0.1, 0.15) is 12.0 Å². The second-order valence-corrected chi connectivity index (χ2v) is 5.13. The fraction of sp³-hybridized carbons (Fsp3) is 0.500. The van der Waals surface area contributed by atoms with E-state index in [1.807, 2.05) is 6.07 Å². The highest BCUT2D eigenvalue weighted by Gasteiger charge is 2.29. The molecule has 2 aliphatic rings. The first-order valence-corrected chi connectivity index (χ1v) is 6.28. The average molecular weight is 268 g/mol. The van der Waals surface area contributed by atoms with Gasteiger partial charge in [0.05, 0.1) is 0 Å². The van der Waals surface area contributed by atoms with E-state index < -0.39 is 0 Å². The summed E-state index contributed by atoms with van der Waals surface area (Å²) in [6.07, 6.45) is 2.47. The topological polar surface area (TPSA) is 12.5 Å². The van der Waals surface area contributed by atoms with Gasteiger partial charge in [-0.2, -0.15) is 0 Å². The number of halogens is 1. The van der Waals surface area contributed by atoms with E-state index in [-0.39, 0.29) is 0 Å². The highest BCUT2D eigenvalue weighted by atomic mass is 79.9. The van der Waals surface area contributed by atoms with Crippen molar-refractivity contribution in [2.75, 3.05) is 19.7 Å². The summed E-state index contributed by atoms with van der Waals surface area (Å²) in [7, 11) is 0. The van der Waals surface area contributed by atoms with E-state index in [0.717, 1.165) is 18.8 Å². The van der Waals surface area contributed by atoms with Gasteiger partial charge in [0.2, 0.25) is 0 Å². The minimum absolute atomic E-state index is 0.588. The second-order valence-electron chi connectivity index (χ2n) is 4.27. The van der Waals surface area contributed by atoms with Crippen LogP contribution >= 0.6 is 15.9 Å². The third kappa shape index (κ3) is 1.68. The van der Waals surface area contributed by atoms with E-state index in [4.69, 9.17) is 4.74 Å². The fourth-order valence-electron chi connectivity index (χ4n) is 2.29. The standard InChI is InChI=1S/C12H14BrNO/c13-11-3-1-4-12-10(11)7-9(8-15-12)14-5-2-6-14/h1,3-4,9H,2,5-8H2. The van der Waals surface area contributed by atoms with Gasteiger partial charge in [-0.05, 0) is 38.1 Å². The molecular weight excluding hydrogens is 254 g/mol. The van der Waals surface area contributed by atoms with Gasteiger partial charge < -0.3 is 4.74 Å². The number of benzene rings is 1. The lowest BCUT2D eigenvalue weighted by Gasteiger charge is -2.40. The zero-order valence-corrected chi connectivity index (χ0v) is 10.2. The lowest BCUT2D eigenvalue weighted by Crippen LogP contribution is -2.50. The molecule has 1 fully saturated rings. The molecule has 1 aromatic carbocycles. The largest absolute Gasteiger partial charge is 0.492 e. The van der Waals surface area contributed by atoms with Gasteiger partial charge in [0.1, 0.15) is 12.4 Å². The molecule has 2 aliphatic heterocycles. The van der Waals surface area contributed by atoms with Crippen molar-refractivity contribution in [1.29, 1.82) is 0 Å². The Hall–Kier alpha value is -0.540. The van der Waals surface area contributed by atoms with Crippen LogP contribution in [0.5, 0.6) is 5.75 Å². The highest BCUT2D eigenvalue weighted by Crippen LogP contribution is 2.33. The van der Waals surface area contributed by atoms with Crippen molar-refractivity contribution in [3.8, 4) is 5.75 Å². The van der Waals surface area contributed by atoms with E-state index in [0.29, 0.717) is 6.04 Å². The van der Waals surface area contributed by atoms with Gasteiger partial charge in [0.25, 0.3) is 0 Å². The van der Waals surface area contributed by atoms with Crippen molar-refractivity contribution in [3.63, 3.8) is 0 Å². The molecular formula is C12H14BrNO. The number of hydrogen-bond donors (Lipinski definition) is 0. The monoisotopic (exact) mass is 267 g/mol. The van der Waals surface area contributed by atoms with E-state index in [2.05, 4.69) is 33.0 Å². The summed E-state index contributed by atoms with van der Waals surface area (Å²) in [5, 5.41) is 0. The molecule has 15 heavy (non-hydrogen) atoms. The molecule has 0 bridgehead atoms. The number of rotatable bonds is 1. The summed E-state index contributed by atoms with van der Waals surface area (Å²) in [5.74, 6) is 1.06. The number of likely N-dealkylation sites (tertiary alicyclic amines) is 1. The van der Waals surface area contributed by atoms with Crippen molar-refractivity contribution >= 4 is 15.9 Å².